The lowest BCUT2D eigenvalue weighted by Crippen LogP contribution is -2.21. The van der Waals surface area contributed by atoms with Crippen LogP contribution in [0.5, 0.6) is 5.75 Å². The minimum absolute atomic E-state index is 0.165. The Bertz CT molecular complexity index is 760. The molecule has 0 saturated heterocycles. The van der Waals surface area contributed by atoms with Crippen molar-refractivity contribution in [1.82, 2.24) is 0 Å². The highest BCUT2D eigenvalue weighted by molar-refractivity contribution is 5.91. The van der Waals surface area contributed by atoms with Gasteiger partial charge in [-0.25, -0.2) is 4.39 Å². The number of carbonyl (C=O) groups excluding carboxylic acids is 1. The number of fused-ring (bicyclic) bond motifs is 1. The van der Waals surface area contributed by atoms with Gasteiger partial charge in [0.25, 0.3) is 5.91 Å². The number of halogens is 1. The second-order valence-electron chi connectivity index (χ2n) is 6.03. The summed E-state index contributed by atoms with van der Waals surface area (Å²) >= 11 is 0. The van der Waals surface area contributed by atoms with Gasteiger partial charge in [-0.2, -0.15) is 0 Å². The molecule has 0 heterocycles. The fourth-order valence-electron chi connectivity index (χ4n) is 2.94. The minimum Gasteiger partial charge on any atom is -0.483 e. The number of anilines is 1. The number of nitrogens with one attached hydrogen (secondary N) is 1. The number of aryl methyl sites for hydroxylation is 1. The van der Waals surface area contributed by atoms with Crippen molar-refractivity contribution in [1.29, 1.82) is 0 Å². The predicted molar refractivity (Wildman–Crippen MR) is 89.6 cm³/mol. The summed E-state index contributed by atoms with van der Waals surface area (Å²) in [7, 11) is 0. The van der Waals surface area contributed by atoms with Crippen LogP contribution in [0.25, 0.3) is 0 Å². The van der Waals surface area contributed by atoms with Gasteiger partial charge in [0.2, 0.25) is 0 Å². The first-order valence-electron chi connectivity index (χ1n) is 8.03. The molecule has 24 heavy (non-hydrogen) atoms. The molecule has 0 fully saturated rings. The highest BCUT2D eigenvalue weighted by Crippen LogP contribution is 2.35. The number of rotatable bonds is 4. The number of aliphatic hydroxyl groups excluding tert-OH is 1. The van der Waals surface area contributed by atoms with Gasteiger partial charge in [-0.1, -0.05) is 18.2 Å². The van der Waals surface area contributed by atoms with Crippen molar-refractivity contribution in [3.05, 3.63) is 58.9 Å². The summed E-state index contributed by atoms with van der Waals surface area (Å²) in [6, 6.07) is 10.1. The third kappa shape index (κ3) is 3.57. The Morgan fingerprint density at radius 3 is 3.00 bits per heavy atom. The molecule has 0 bridgehead atoms. The highest BCUT2D eigenvalue weighted by Gasteiger charge is 2.21. The van der Waals surface area contributed by atoms with Gasteiger partial charge < -0.3 is 15.2 Å². The molecule has 2 aromatic rings. The van der Waals surface area contributed by atoms with Crippen LogP contribution in [0, 0.1) is 12.7 Å². The SMILES string of the molecule is Cc1ccc(NC(=O)COc2cccc3c2CCCC3O)cc1F. The topological polar surface area (TPSA) is 58.6 Å². The standard InChI is InChI=1S/C19H20FNO3/c1-12-8-9-13(10-16(12)20)21-19(23)11-24-18-7-3-4-14-15(18)5-2-6-17(14)22/h3-4,7-10,17,22H,2,5-6,11H2,1H3,(H,21,23). The molecule has 1 atom stereocenters. The number of carbonyl (C=O) groups is 1. The summed E-state index contributed by atoms with van der Waals surface area (Å²) in [5, 5.41) is 12.7. The van der Waals surface area contributed by atoms with Crippen LogP contribution in [-0.4, -0.2) is 17.6 Å². The van der Waals surface area contributed by atoms with Crippen molar-refractivity contribution >= 4 is 11.6 Å². The van der Waals surface area contributed by atoms with E-state index in [4.69, 9.17) is 4.74 Å². The van der Waals surface area contributed by atoms with Crippen LogP contribution in [-0.2, 0) is 11.2 Å². The maximum absolute atomic E-state index is 13.5. The molecule has 1 aliphatic rings. The number of hydrogen-bond donors (Lipinski definition) is 2. The number of amides is 1. The van der Waals surface area contributed by atoms with Gasteiger partial charge in [0, 0.05) is 5.69 Å². The van der Waals surface area contributed by atoms with Crippen LogP contribution in [0.2, 0.25) is 0 Å². The van der Waals surface area contributed by atoms with Gasteiger partial charge >= 0.3 is 0 Å². The Morgan fingerprint density at radius 1 is 1.38 bits per heavy atom. The van der Waals surface area contributed by atoms with Gasteiger partial charge in [-0.3, -0.25) is 4.79 Å². The van der Waals surface area contributed by atoms with Crippen LogP contribution in [0.4, 0.5) is 10.1 Å². The van der Waals surface area contributed by atoms with Crippen LogP contribution in [0.1, 0.15) is 35.6 Å². The molecule has 2 N–H and O–H groups in total. The Hall–Kier alpha value is -2.40. The second-order valence-corrected chi connectivity index (χ2v) is 6.03. The summed E-state index contributed by atoms with van der Waals surface area (Å²) in [6.07, 6.45) is 1.99. The largest absolute Gasteiger partial charge is 0.483 e. The van der Waals surface area contributed by atoms with E-state index in [2.05, 4.69) is 5.32 Å². The Labute approximate surface area is 140 Å². The van der Waals surface area contributed by atoms with E-state index >= 15 is 0 Å². The van der Waals surface area contributed by atoms with E-state index in [-0.39, 0.29) is 18.3 Å². The van der Waals surface area contributed by atoms with E-state index in [1.165, 1.54) is 6.07 Å². The van der Waals surface area contributed by atoms with Gasteiger partial charge in [0.1, 0.15) is 11.6 Å². The maximum Gasteiger partial charge on any atom is 0.262 e. The number of benzene rings is 2. The third-order valence-electron chi connectivity index (χ3n) is 4.25. The first kappa shape index (κ1) is 16.5. The lowest BCUT2D eigenvalue weighted by atomic mass is 9.89. The summed E-state index contributed by atoms with van der Waals surface area (Å²) in [5.41, 5.74) is 2.76. The van der Waals surface area contributed by atoms with E-state index in [9.17, 15) is 14.3 Å². The van der Waals surface area contributed by atoms with Crippen molar-refractivity contribution in [3.8, 4) is 5.75 Å². The molecule has 0 saturated carbocycles. The van der Waals surface area contributed by atoms with Crippen molar-refractivity contribution in [2.45, 2.75) is 32.3 Å². The molecule has 1 aliphatic carbocycles. The number of ether oxygens (including phenoxy) is 1. The van der Waals surface area contributed by atoms with Gasteiger partial charge in [-0.15, -0.1) is 0 Å². The molecule has 126 valence electrons. The first-order valence-corrected chi connectivity index (χ1v) is 8.03. The number of hydrogen-bond acceptors (Lipinski definition) is 3. The average molecular weight is 329 g/mol. The van der Waals surface area contributed by atoms with Crippen molar-refractivity contribution < 1.29 is 19.0 Å². The predicted octanol–water partition coefficient (Wildman–Crippen LogP) is 3.52. The normalized spacial score (nSPS) is 16.4. The highest BCUT2D eigenvalue weighted by atomic mass is 19.1. The molecule has 0 radical (unpaired) electrons. The molecule has 0 spiro atoms. The minimum atomic E-state index is -0.471. The molecule has 3 rings (SSSR count). The van der Waals surface area contributed by atoms with E-state index in [0.29, 0.717) is 17.0 Å². The van der Waals surface area contributed by atoms with E-state index in [0.717, 1.165) is 30.4 Å². The van der Waals surface area contributed by atoms with E-state index in [1.807, 2.05) is 12.1 Å². The average Bonchev–Trinajstić information content (AvgIpc) is 2.57. The number of aliphatic hydroxyl groups is 1. The van der Waals surface area contributed by atoms with Crippen molar-refractivity contribution in [2.75, 3.05) is 11.9 Å². The molecule has 0 aromatic heterocycles. The first-order chi connectivity index (χ1) is 11.5. The summed E-state index contributed by atoms with van der Waals surface area (Å²) in [6.45, 7) is 1.50. The maximum atomic E-state index is 13.5. The third-order valence-corrected chi connectivity index (χ3v) is 4.25. The monoisotopic (exact) mass is 329 g/mol. The Morgan fingerprint density at radius 2 is 2.21 bits per heavy atom. The Kier molecular flexibility index (Phi) is 4.81. The molecule has 2 aromatic carbocycles. The van der Waals surface area contributed by atoms with E-state index < -0.39 is 6.10 Å². The Balaban J connectivity index is 1.64. The van der Waals surface area contributed by atoms with Crippen molar-refractivity contribution in [3.63, 3.8) is 0 Å². The van der Waals surface area contributed by atoms with Crippen LogP contribution >= 0.6 is 0 Å². The molecule has 1 amide bonds. The molecule has 4 nitrogen and oxygen atoms in total. The molecule has 0 aliphatic heterocycles. The smallest absolute Gasteiger partial charge is 0.262 e. The van der Waals surface area contributed by atoms with Gasteiger partial charge in [0.05, 0.1) is 6.10 Å². The molecule has 5 heteroatoms. The zero-order chi connectivity index (χ0) is 17.1. The second kappa shape index (κ2) is 7.01. The quantitative estimate of drug-likeness (QED) is 0.902. The fraction of sp³-hybridized carbons (Fsp3) is 0.316. The summed E-state index contributed by atoms with van der Waals surface area (Å²) in [5.74, 6) is -0.0939. The van der Waals surface area contributed by atoms with E-state index in [1.54, 1.807) is 25.1 Å². The zero-order valence-corrected chi connectivity index (χ0v) is 13.5. The van der Waals surface area contributed by atoms with Crippen molar-refractivity contribution in [2.24, 2.45) is 0 Å². The lowest BCUT2D eigenvalue weighted by molar-refractivity contribution is -0.118. The van der Waals surface area contributed by atoms with Crippen LogP contribution in [0.15, 0.2) is 36.4 Å². The van der Waals surface area contributed by atoms with Gasteiger partial charge in [0.15, 0.2) is 6.61 Å². The molecular weight excluding hydrogens is 309 g/mol. The summed E-state index contributed by atoms with van der Waals surface area (Å²) < 4.78 is 19.1. The summed E-state index contributed by atoms with van der Waals surface area (Å²) in [4.78, 5) is 12.0. The molecular formula is C19H20FNO3. The van der Waals surface area contributed by atoms with Crippen LogP contribution in [0.3, 0.4) is 0 Å². The van der Waals surface area contributed by atoms with Crippen LogP contribution < -0.4 is 10.1 Å². The molecule has 1 unspecified atom stereocenters. The van der Waals surface area contributed by atoms with Gasteiger partial charge in [-0.05, 0) is 61.1 Å². The lowest BCUT2D eigenvalue weighted by Gasteiger charge is -2.23. The zero-order valence-electron chi connectivity index (χ0n) is 13.5. The fourth-order valence-corrected chi connectivity index (χ4v) is 2.94.